The molecule has 2 aromatic rings. The second-order valence-corrected chi connectivity index (χ2v) is 3.93. The summed E-state index contributed by atoms with van der Waals surface area (Å²) in [5.41, 5.74) is 1.19. The summed E-state index contributed by atoms with van der Waals surface area (Å²) in [4.78, 5) is 22.1. The van der Waals surface area contributed by atoms with E-state index in [1.54, 1.807) is 18.2 Å². The Morgan fingerprint density at radius 3 is 2.63 bits per heavy atom. The summed E-state index contributed by atoms with van der Waals surface area (Å²) >= 11 is 0. The first-order valence-corrected chi connectivity index (χ1v) is 5.46. The van der Waals surface area contributed by atoms with Gasteiger partial charge >= 0.3 is 5.88 Å². The average molecular weight is 261 g/mol. The third-order valence-electron chi connectivity index (χ3n) is 2.60. The van der Waals surface area contributed by atoms with Crippen molar-refractivity contribution in [2.75, 3.05) is 7.11 Å². The highest BCUT2D eigenvalue weighted by Gasteiger charge is 2.21. The molecule has 0 aliphatic rings. The van der Waals surface area contributed by atoms with Crippen LogP contribution in [0.4, 0.5) is 5.88 Å². The van der Waals surface area contributed by atoms with E-state index in [1.165, 1.54) is 13.2 Å². The number of nitro groups is 1. The Balaban J connectivity index is 2.43. The van der Waals surface area contributed by atoms with Gasteiger partial charge in [-0.25, -0.2) is 0 Å². The Kier molecular flexibility index (Phi) is 3.33. The number of carbonyl (C=O) groups is 1. The van der Waals surface area contributed by atoms with Crippen molar-refractivity contribution in [3.63, 3.8) is 0 Å². The zero-order valence-corrected chi connectivity index (χ0v) is 10.4. The molecule has 6 heteroatoms. The molecular weight excluding hydrogens is 250 g/mol. The Morgan fingerprint density at radius 1 is 1.32 bits per heavy atom. The molecule has 0 radical (unpaired) electrons. The maximum atomic E-state index is 12.2. The number of nitrogens with zero attached hydrogens (tertiary/aromatic N) is 1. The first-order chi connectivity index (χ1) is 9.02. The van der Waals surface area contributed by atoms with Crippen molar-refractivity contribution in [1.82, 2.24) is 0 Å². The topological polar surface area (TPSA) is 82.6 Å². The number of methoxy groups -OCH3 is 1. The maximum Gasteiger partial charge on any atom is 0.433 e. The van der Waals surface area contributed by atoms with Gasteiger partial charge in [-0.1, -0.05) is 11.6 Å². The Bertz CT molecular complexity index is 644. The molecule has 6 nitrogen and oxygen atoms in total. The van der Waals surface area contributed by atoms with Gasteiger partial charge in [-0.3, -0.25) is 14.9 Å². The molecule has 0 atom stereocenters. The van der Waals surface area contributed by atoms with Gasteiger partial charge in [-0.15, -0.1) is 0 Å². The van der Waals surface area contributed by atoms with Crippen LogP contribution >= 0.6 is 0 Å². The Hall–Kier alpha value is -2.63. The first-order valence-electron chi connectivity index (χ1n) is 5.46. The largest absolute Gasteiger partial charge is 0.496 e. The summed E-state index contributed by atoms with van der Waals surface area (Å²) in [5, 5.41) is 10.5. The number of carbonyl (C=O) groups excluding carboxylic acids is 1. The van der Waals surface area contributed by atoms with E-state index < -0.39 is 16.6 Å². The average Bonchev–Trinajstić information content (AvgIpc) is 2.87. The highest BCUT2D eigenvalue weighted by Crippen LogP contribution is 2.25. The van der Waals surface area contributed by atoms with Gasteiger partial charge in [0.2, 0.25) is 5.78 Å². The van der Waals surface area contributed by atoms with Gasteiger partial charge < -0.3 is 9.15 Å². The van der Waals surface area contributed by atoms with Crippen LogP contribution in [-0.2, 0) is 0 Å². The molecule has 0 amide bonds. The lowest BCUT2D eigenvalue weighted by molar-refractivity contribution is -0.402. The molecule has 1 aromatic heterocycles. The molecule has 0 N–H and O–H groups in total. The summed E-state index contributed by atoms with van der Waals surface area (Å²) in [7, 11) is 1.45. The first kappa shape index (κ1) is 12.8. The molecule has 1 aromatic carbocycles. The fourth-order valence-corrected chi connectivity index (χ4v) is 1.68. The van der Waals surface area contributed by atoms with Gasteiger partial charge in [0, 0.05) is 0 Å². The molecule has 1 heterocycles. The predicted molar refractivity (Wildman–Crippen MR) is 66.5 cm³/mol. The third kappa shape index (κ3) is 2.47. The van der Waals surface area contributed by atoms with Gasteiger partial charge in [0.25, 0.3) is 0 Å². The summed E-state index contributed by atoms with van der Waals surface area (Å²) < 4.78 is 10.00. The van der Waals surface area contributed by atoms with Crippen LogP contribution in [0.1, 0.15) is 21.7 Å². The van der Waals surface area contributed by atoms with Crippen molar-refractivity contribution in [3.8, 4) is 5.75 Å². The van der Waals surface area contributed by atoms with Crippen LogP contribution in [0.5, 0.6) is 5.75 Å². The molecule has 0 unspecified atom stereocenters. The van der Waals surface area contributed by atoms with Crippen LogP contribution in [0.15, 0.2) is 34.7 Å². The number of furan rings is 1. The molecule has 0 bridgehead atoms. The van der Waals surface area contributed by atoms with Crippen LogP contribution < -0.4 is 4.74 Å². The van der Waals surface area contributed by atoms with Crippen molar-refractivity contribution in [1.29, 1.82) is 0 Å². The number of hydrogen-bond donors (Lipinski definition) is 0. The smallest absolute Gasteiger partial charge is 0.433 e. The lowest BCUT2D eigenvalue weighted by Gasteiger charge is -2.06. The Morgan fingerprint density at radius 2 is 2.05 bits per heavy atom. The Labute approximate surface area is 108 Å². The standard InChI is InChI=1S/C13H11NO5/c1-8-3-4-10(18-2)9(7-8)13(15)11-5-6-12(19-11)14(16)17/h3-7H,1-2H3. The number of benzene rings is 1. The molecule has 0 fully saturated rings. The van der Waals surface area contributed by atoms with Gasteiger partial charge in [-0.2, -0.15) is 0 Å². The SMILES string of the molecule is COc1ccc(C)cc1C(=O)c1ccc([N+](=O)[O-])o1. The predicted octanol–water partition coefficient (Wildman–Crippen LogP) is 2.74. The van der Waals surface area contributed by atoms with Gasteiger partial charge in [0.15, 0.2) is 5.76 Å². The van der Waals surface area contributed by atoms with Crippen molar-refractivity contribution in [2.24, 2.45) is 0 Å². The van der Waals surface area contributed by atoms with Gasteiger partial charge in [0.1, 0.15) is 10.7 Å². The number of hydrogen-bond acceptors (Lipinski definition) is 5. The van der Waals surface area contributed by atoms with E-state index in [-0.39, 0.29) is 5.76 Å². The summed E-state index contributed by atoms with van der Waals surface area (Å²) in [6.07, 6.45) is 0. The highest BCUT2D eigenvalue weighted by atomic mass is 16.6. The van der Waals surface area contributed by atoms with E-state index in [0.29, 0.717) is 11.3 Å². The molecule has 2 rings (SSSR count). The number of ether oxygens (including phenoxy) is 1. The van der Waals surface area contributed by atoms with E-state index in [4.69, 9.17) is 9.15 Å². The molecule has 0 aliphatic heterocycles. The third-order valence-corrected chi connectivity index (χ3v) is 2.60. The van der Waals surface area contributed by atoms with Crippen molar-refractivity contribution in [3.05, 3.63) is 57.3 Å². The monoisotopic (exact) mass is 261 g/mol. The number of ketones is 1. The van der Waals surface area contributed by atoms with Crippen molar-refractivity contribution in [2.45, 2.75) is 6.92 Å². The van der Waals surface area contributed by atoms with Crippen molar-refractivity contribution < 1.29 is 18.9 Å². The zero-order chi connectivity index (χ0) is 14.0. The van der Waals surface area contributed by atoms with Crippen LogP contribution in [0.2, 0.25) is 0 Å². The molecule has 0 aliphatic carbocycles. The summed E-state index contributed by atoms with van der Waals surface area (Å²) in [6.45, 7) is 1.83. The number of aryl methyl sites for hydroxylation is 1. The van der Waals surface area contributed by atoms with Gasteiger partial charge in [-0.05, 0) is 25.1 Å². The molecule has 19 heavy (non-hydrogen) atoms. The highest BCUT2D eigenvalue weighted by molar-refractivity contribution is 6.09. The number of rotatable bonds is 4. The maximum absolute atomic E-state index is 12.2. The van der Waals surface area contributed by atoms with E-state index in [0.717, 1.165) is 11.6 Å². The van der Waals surface area contributed by atoms with Crippen molar-refractivity contribution >= 4 is 11.7 Å². The lowest BCUT2D eigenvalue weighted by atomic mass is 10.1. The van der Waals surface area contributed by atoms with E-state index >= 15 is 0 Å². The second-order valence-electron chi connectivity index (χ2n) is 3.93. The minimum absolute atomic E-state index is 0.0874. The fourth-order valence-electron chi connectivity index (χ4n) is 1.68. The van der Waals surface area contributed by atoms with Crippen LogP contribution in [0.3, 0.4) is 0 Å². The molecule has 98 valence electrons. The van der Waals surface area contributed by atoms with E-state index in [1.807, 2.05) is 6.92 Å². The molecule has 0 spiro atoms. The van der Waals surface area contributed by atoms with E-state index in [9.17, 15) is 14.9 Å². The zero-order valence-electron chi connectivity index (χ0n) is 10.4. The molecule has 0 saturated heterocycles. The fraction of sp³-hybridized carbons (Fsp3) is 0.154. The molecular formula is C13H11NO5. The molecule has 0 saturated carbocycles. The normalized spacial score (nSPS) is 10.2. The second kappa shape index (κ2) is 4.93. The van der Waals surface area contributed by atoms with Crippen LogP contribution in [-0.4, -0.2) is 17.8 Å². The minimum atomic E-state index is -0.690. The quantitative estimate of drug-likeness (QED) is 0.480. The summed E-state index contributed by atoms with van der Waals surface area (Å²) in [6, 6.07) is 7.55. The van der Waals surface area contributed by atoms with Crippen LogP contribution in [0, 0.1) is 17.0 Å². The van der Waals surface area contributed by atoms with Crippen LogP contribution in [0.25, 0.3) is 0 Å². The van der Waals surface area contributed by atoms with E-state index in [2.05, 4.69) is 0 Å². The lowest BCUT2D eigenvalue weighted by Crippen LogP contribution is -2.03. The summed E-state index contributed by atoms with van der Waals surface area (Å²) in [5.74, 6) is -0.603. The van der Waals surface area contributed by atoms with Gasteiger partial charge in [0.05, 0.1) is 18.7 Å². The minimum Gasteiger partial charge on any atom is -0.496 e.